The van der Waals surface area contributed by atoms with Crippen LogP contribution in [0, 0.1) is 22.9 Å². The monoisotopic (exact) mass is 1270 g/mol. The van der Waals surface area contributed by atoms with Gasteiger partial charge in [0, 0.05) is 51.8 Å². The first-order chi connectivity index (χ1) is 42.5. The summed E-state index contributed by atoms with van der Waals surface area (Å²) in [6.07, 6.45) is 48.9. The molecule has 0 radical (unpaired) electrons. The van der Waals surface area contributed by atoms with Crippen LogP contribution in [0.4, 0.5) is 0 Å². The molecular formula is C84H138S2Si2. The third kappa shape index (κ3) is 19.9. The summed E-state index contributed by atoms with van der Waals surface area (Å²) >= 11 is 4.44. The maximum absolute atomic E-state index is 4.64. The summed E-state index contributed by atoms with van der Waals surface area (Å²) in [5.41, 5.74) is 22.1. The van der Waals surface area contributed by atoms with Crippen molar-refractivity contribution in [2.45, 2.75) is 402 Å². The molecule has 2 heterocycles. The minimum Gasteiger partial charge on any atom is -0.140 e. The molecule has 88 heavy (non-hydrogen) atoms. The molecule has 0 aliphatic heterocycles. The zero-order valence-corrected chi connectivity index (χ0v) is 64.9. The van der Waals surface area contributed by atoms with Crippen LogP contribution >= 0.6 is 22.7 Å². The van der Waals surface area contributed by atoms with Crippen molar-refractivity contribution < 1.29 is 0 Å². The van der Waals surface area contributed by atoms with Crippen LogP contribution < -0.4 is 0 Å². The van der Waals surface area contributed by atoms with Gasteiger partial charge in [-0.05, 0) is 155 Å². The Hall–Kier alpha value is -2.35. The van der Waals surface area contributed by atoms with Gasteiger partial charge < -0.3 is 0 Å². The average molecular weight is 1270 g/mol. The topological polar surface area (TPSA) is 0 Å². The fraction of sp³-hybridized carbons (Fsp3) is 0.738. The molecular weight excluding hydrogens is 1130 g/mol. The molecule has 0 aliphatic carbocycles. The normalized spacial score (nSPS) is 12.5. The van der Waals surface area contributed by atoms with Gasteiger partial charge in [0.15, 0.2) is 0 Å². The van der Waals surface area contributed by atoms with Crippen LogP contribution in [0.5, 0.6) is 0 Å². The van der Waals surface area contributed by atoms with E-state index in [2.05, 4.69) is 182 Å². The molecule has 0 fully saturated rings. The first-order valence-corrected chi connectivity index (χ1v) is 44.6. The lowest BCUT2D eigenvalue weighted by Crippen LogP contribution is -2.43. The van der Waals surface area contributed by atoms with Crippen molar-refractivity contribution >= 4 is 80.5 Å². The highest BCUT2D eigenvalue weighted by atomic mass is 32.1. The van der Waals surface area contributed by atoms with E-state index in [0.717, 1.165) is 25.7 Å². The SMILES string of the molecule is CCCCCCCCc1c2cc(CCCCCC)sc2c(CCCCCCCC)c2c(C#C[Si](C(C)C)(C(C)C)C(C)C)c3c(CCCCCCCC)c4cc(CCCCCC)sc4c(CCCCCCCC)c3c(C#C[Si](C(C)C)(C(C)C)C(C)C)c12. The van der Waals surface area contributed by atoms with E-state index in [4.69, 9.17) is 0 Å². The molecule has 5 aromatic rings. The molecule has 0 spiro atoms. The molecule has 0 saturated heterocycles. The summed E-state index contributed by atoms with van der Waals surface area (Å²) in [7, 11) is -4.45. The zero-order chi connectivity index (χ0) is 64.2. The molecule has 0 saturated carbocycles. The third-order valence-electron chi connectivity index (χ3n) is 21.7. The summed E-state index contributed by atoms with van der Waals surface area (Å²) in [6.45, 7) is 45.0. The lowest BCUT2D eigenvalue weighted by molar-refractivity contribution is 0.608. The Bertz CT molecular complexity index is 2570. The minimum absolute atomic E-state index is 0.554. The van der Waals surface area contributed by atoms with Gasteiger partial charge in [-0.3, -0.25) is 0 Å². The number of thiophene rings is 2. The molecule has 0 unspecified atom stereocenters. The molecule has 0 amide bonds. The Kier molecular flexibility index (Phi) is 34.7. The van der Waals surface area contributed by atoms with Gasteiger partial charge in [-0.2, -0.15) is 0 Å². The van der Waals surface area contributed by atoms with Gasteiger partial charge >= 0.3 is 0 Å². The van der Waals surface area contributed by atoms with E-state index in [-0.39, 0.29) is 0 Å². The number of fused-ring (bicyclic) bond motifs is 4. The van der Waals surface area contributed by atoms with Gasteiger partial charge in [0.05, 0.1) is 0 Å². The fourth-order valence-corrected chi connectivity index (χ4v) is 29.7. The summed E-state index contributed by atoms with van der Waals surface area (Å²) in [4.78, 5) is 3.24. The third-order valence-corrected chi connectivity index (χ3v) is 36.8. The number of hydrogen-bond donors (Lipinski definition) is 0. The standard InChI is InChI=1S/C84H138S2Si2/c1-19-25-31-37-41-47-53-71-77-61-69(51-45-35-29-23-5)85-83(77)75(55-49-43-39-33-27-21-3)81-74(58-60-88(66(13)14,67(15)16)68(17)18)80-72(54-48-42-38-32-26-20-2)78-62-70(52-46-36-30-24-6)86-84(78)76(56-50-44-40-34-28-22-4)82(80)73(79(71)81)57-59-87(63(7)8,64(9)10)65(11)12/h61-68H,19-56H2,1-18H3. The highest BCUT2D eigenvalue weighted by molar-refractivity contribution is 7.19. The summed E-state index contributed by atoms with van der Waals surface area (Å²) < 4.78 is 3.25. The second kappa shape index (κ2) is 40.0. The van der Waals surface area contributed by atoms with E-state index in [9.17, 15) is 0 Å². The van der Waals surface area contributed by atoms with Crippen molar-refractivity contribution in [3.8, 4) is 22.9 Å². The second-order valence-corrected chi connectivity index (χ2v) is 43.5. The Morgan fingerprint density at radius 3 is 0.761 bits per heavy atom. The highest BCUT2D eigenvalue weighted by Crippen LogP contribution is 2.51. The second-order valence-electron chi connectivity index (χ2n) is 30.1. The van der Waals surface area contributed by atoms with Crippen LogP contribution in [0.15, 0.2) is 12.1 Å². The highest BCUT2D eigenvalue weighted by Gasteiger charge is 2.43. The van der Waals surface area contributed by atoms with E-state index < -0.39 is 16.1 Å². The summed E-state index contributed by atoms with van der Waals surface area (Å²) in [5, 5.41) is 9.48. The van der Waals surface area contributed by atoms with E-state index in [1.807, 2.05) is 0 Å². The Morgan fingerprint density at radius 2 is 0.500 bits per heavy atom. The van der Waals surface area contributed by atoms with Gasteiger partial charge in [0.1, 0.15) is 16.1 Å². The molecule has 0 atom stereocenters. The smallest absolute Gasteiger partial charge is 0.140 e. The van der Waals surface area contributed by atoms with Crippen LogP contribution in [0.1, 0.15) is 373 Å². The first-order valence-electron chi connectivity index (χ1n) is 38.5. The Morgan fingerprint density at radius 1 is 0.284 bits per heavy atom. The molecule has 0 bridgehead atoms. The molecule has 5 rings (SSSR count). The fourth-order valence-electron chi connectivity index (χ4n) is 16.7. The van der Waals surface area contributed by atoms with Gasteiger partial charge in [0.25, 0.3) is 0 Å². The predicted octanol–water partition coefficient (Wildman–Crippen LogP) is 29.4. The van der Waals surface area contributed by atoms with Gasteiger partial charge in [0.2, 0.25) is 0 Å². The van der Waals surface area contributed by atoms with E-state index >= 15 is 0 Å². The largest absolute Gasteiger partial charge is 0.146 e. The Balaban J connectivity index is 2.30. The molecule has 0 nitrogen and oxygen atoms in total. The van der Waals surface area contributed by atoms with Crippen molar-refractivity contribution in [2.24, 2.45) is 0 Å². The first kappa shape index (κ1) is 76.4. The van der Waals surface area contributed by atoms with Crippen LogP contribution in [-0.2, 0) is 38.5 Å². The number of rotatable bonds is 44. The van der Waals surface area contributed by atoms with Crippen LogP contribution in [0.25, 0.3) is 41.7 Å². The van der Waals surface area contributed by atoms with Gasteiger partial charge in [-0.15, -0.1) is 33.8 Å². The molecule has 494 valence electrons. The van der Waals surface area contributed by atoms with Crippen molar-refractivity contribution in [3.63, 3.8) is 0 Å². The molecule has 2 aromatic heterocycles. The van der Waals surface area contributed by atoms with E-state index in [1.165, 1.54) is 229 Å². The van der Waals surface area contributed by atoms with Crippen LogP contribution in [-0.4, -0.2) is 16.1 Å². The quantitative estimate of drug-likeness (QED) is 0.0158. The Labute approximate surface area is 556 Å². The predicted molar refractivity (Wildman–Crippen MR) is 412 cm³/mol. The van der Waals surface area contributed by atoms with Crippen molar-refractivity contribution in [1.29, 1.82) is 0 Å². The summed E-state index contributed by atoms with van der Waals surface area (Å²) in [6, 6.07) is 5.57. The van der Waals surface area contributed by atoms with Gasteiger partial charge in [-0.1, -0.05) is 303 Å². The van der Waals surface area contributed by atoms with Crippen molar-refractivity contribution in [3.05, 3.63) is 55.3 Å². The number of aryl methyl sites for hydroxylation is 6. The summed E-state index contributed by atoms with van der Waals surface area (Å²) in [5.74, 6) is 9.29. The molecule has 4 heteroatoms. The van der Waals surface area contributed by atoms with Crippen molar-refractivity contribution in [2.75, 3.05) is 0 Å². The molecule has 0 N–H and O–H groups in total. The molecule has 0 aliphatic rings. The lowest BCUT2D eigenvalue weighted by Gasteiger charge is -2.38. The van der Waals surface area contributed by atoms with Crippen LogP contribution in [0.3, 0.4) is 0 Å². The van der Waals surface area contributed by atoms with Crippen LogP contribution in [0.2, 0.25) is 33.2 Å². The number of hydrogen-bond acceptors (Lipinski definition) is 2. The zero-order valence-electron chi connectivity index (χ0n) is 61.3. The lowest BCUT2D eigenvalue weighted by atomic mass is 9.79. The molecule has 3 aromatic carbocycles. The maximum Gasteiger partial charge on any atom is 0.146 e. The minimum atomic E-state index is -2.22. The maximum atomic E-state index is 4.64. The van der Waals surface area contributed by atoms with Gasteiger partial charge in [-0.25, -0.2) is 0 Å². The number of unbranched alkanes of at least 4 members (excludes halogenated alkanes) is 26. The number of benzene rings is 3. The van der Waals surface area contributed by atoms with Crippen molar-refractivity contribution in [1.82, 2.24) is 0 Å². The average Bonchev–Trinajstić information content (AvgIpc) is 1.14. The van der Waals surface area contributed by atoms with E-state index in [1.54, 1.807) is 73.7 Å². The van der Waals surface area contributed by atoms with E-state index in [0.29, 0.717) is 33.2 Å².